The van der Waals surface area contributed by atoms with Crippen LogP contribution in [0, 0.1) is 35.0 Å². The van der Waals surface area contributed by atoms with E-state index in [1.165, 1.54) is 0 Å². The molecule has 1 rings (SSSR count). The van der Waals surface area contributed by atoms with E-state index in [0.717, 1.165) is 0 Å². The minimum Gasteiger partial charge on any atom is -0.380 e. The van der Waals surface area contributed by atoms with Crippen molar-refractivity contribution >= 4 is 5.69 Å². The third-order valence-electron chi connectivity index (χ3n) is 2.85. The first-order chi connectivity index (χ1) is 9.31. The second-order valence-corrected chi connectivity index (χ2v) is 4.60. The lowest BCUT2D eigenvalue weighted by molar-refractivity contribution is 0.126. The Kier molecular flexibility index (Phi) is 5.74. The molecule has 114 valence electrons. The molecule has 0 amide bonds. The van der Waals surface area contributed by atoms with Gasteiger partial charge in [-0.05, 0) is 12.8 Å². The van der Waals surface area contributed by atoms with Crippen LogP contribution >= 0.6 is 0 Å². The van der Waals surface area contributed by atoms with Gasteiger partial charge in [-0.15, -0.1) is 0 Å². The summed E-state index contributed by atoms with van der Waals surface area (Å²) in [7, 11) is 0. The minimum absolute atomic E-state index is 0.0909. The lowest BCUT2D eigenvalue weighted by atomic mass is 10.0. The number of anilines is 1. The van der Waals surface area contributed by atoms with Gasteiger partial charge in [-0.1, -0.05) is 13.8 Å². The standard InChI is InChI=1S/C13H16F5NO/c1-4-20-5-7(6(2)3)19-13-11(17)9(15)8(14)10(16)12(13)18/h6-7,19H,4-5H2,1-3H3. The molecule has 0 fully saturated rings. The Balaban J connectivity index is 3.13. The fraction of sp³-hybridized carbons (Fsp3) is 0.538. The molecule has 0 aliphatic carbocycles. The molecular weight excluding hydrogens is 281 g/mol. The van der Waals surface area contributed by atoms with Crippen molar-refractivity contribution in [2.75, 3.05) is 18.5 Å². The number of hydrogen-bond donors (Lipinski definition) is 1. The number of ether oxygens (including phenoxy) is 1. The van der Waals surface area contributed by atoms with E-state index in [2.05, 4.69) is 5.32 Å². The van der Waals surface area contributed by atoms with E-state index >= 15 is 0 Å². The molecule has 0 heterocycles. The maximum atomic E-state index is 13.5. The first-order valence-electron chi connectivity index (χ1n) is 6.16. The zero-order chi connectivity index (χ0) is 15.4. The third-order valence-corrected chi connectivity index (χ3v) is 2.85. The van der Waals surface area contributed by atoms with Crippen LogP contribution in [0.15, 0.2) is 0 Å². The Hall–Kier alpha value is -1.37. The first-order valence-corrected chi connectivity index (χ1v) is 6.16. The van der Waals surface area contributed by atoms with E-state index in [-0.39, 0.29) is 12.5 Å². The summed E-state index contributed by atoms with van der Waals surface area (Å²) in [4.78, 5) is 0. The highest BCUT2D eigenvalue weighted by molar-refractivity contribution is 5.48. The Morgan fingerprint density at radius 1 is 0.900 bits per heavy atom. The van der Waals surface area contributed by atoms with Gasteiger partial charge in [0.05, 0.1) is 12.6 Å². The van der Waals surface area contributed by atoms with Gasteiger partial charge < -0.3 is 10.1 Å². The zero-order valence-electron chi connectivity index (χ0n) is 11.4. The topological polar surface area (TPSA) is 21.3 Å². The highest BCUT2D eigenvalue weighted by Gasteiger charge is 2.27. The highest BCUT2D eigenvalue weighted by atomic mass is 19.2. The molecule has 7 heteroatoms. The summed E-state index contributed by atoms with van der Waals surface area (Å²) >= 11 is 0. The van der Waals surface area contributed by atoms with Crippen molar-refractivity contribution < 1.29 is 26.7 Å². The Bertz CT molecular complexity index is 449. The van der Waals surface area contributed by atoms with Crippen LogP contribution in [-0.2, 0) is 4.74 Å². The molecule has 1 aromatic carbocycles. The normalized spacial score (nSPS) is 12.8. The fourth-order valence-electron chi connectivity index (χ4n) is 1.56. The summed E-state index contributed by atoms with van der Waals surface area (Å²) in [6.45, 7) is 5.68. The molecule has 1 N–H and O–H groups in total. The highest BCUT2D eigenvalue weighted by Crippen LogP contribution is 2.28. The smallest absolute Gasteiger partial charge is 0.200 e. The maximum absolute atomic E-state index is 13.5. The molecule has 2 nitrogen and oxygen atoms in total. The van der Waals surface area contributed by atoms with Gasteiger partial charge in [0.1, 0.15) is 5.69 Å². The van der Waals surface area contributed by atoms with E-state index in [9.17, 15) is 22.0 Å². The van der Waals surface area contributed by atoms with Gasteiger partial charge in [-0.25, -0.2) is 22.0 Å². The number of benzene rings is 1. The Morgan fingerprint density at radius 2 is 1.35 bits per heavy atom. The number of halogens is 5. The molecule has 0 aromatic heterocycles. The largest absolute Gasteiger partial charge is 0.380 e. The van der Waals surface area contributed by atoms with Gasteiger partial charge in [0.2, 0.25) is 5.82 Å². The van der Waals surface area contributed by atoms with Gasteiger partial charge in [-0.2, -0.15) is 0 Å². The van der Waals surface area contributed by atoms with Crippen molar-refractivity contribution in [3.8, 4) is 0 Å². The monoisotopic (exact) mass is 297 g/mol. The molecule has 0 spiro atoms. The van der Waals surface area contributed by atoms with Crippen LogP contribution in [0.3, 0.4) is 0 Å². The van der Waals surface area contributed by atoms with Gasteiger partial charge in [0.15, 0.2) is 23.3 Å². The molecule has 0 saturated heterocycles. The molecule has 1 unspecified atom stereocenters. The van der Waals surface area contributed by atoms with Crippen LogP contribution in [0.5, 0.6) is 0 Å². The van der Waals surface area contributed by atoms with Crippen molar-refractivity contribution in [2.45, 2.75) is 26.8 Å². The van der Waals surface area contributed by atoms with Gasteiger partial charge in [0, 0.05) is 6.61 Å². The molecule has 1 atom stereocenters. The van der Waals surface area contributed by atoms with E-state index in [1.807, 2.05) is 0 Å². The van der Waals surface area contributed by atoms with E-state index in [4.69, 9.17) is 4.74 Å². The average Bonchev–Trinajstić information content (AvgIpc) is 2.42. The predicted molar refractivity (Wildman–Crippen MR) is 65.0 cm³/mol. The van der Waals surface area contributed by atoms with Gasteiger partial charge >= 0.3 is 0 Å². The molecule has 0 bridgehead atoms. The summed E-state index contributed by atoms with van der Waals surface area (Å²) < 4.78 is 71.2. The number of rotatable bonds is 6. The average molecular weight is 297 g/mol. The Labute approximate surface area is 113 Å². The van der Waals surface area contributed by atoms with Crippen LogP contribution in [0.25, 0.3) is 0 Å². The van der Waals surface area contributed by atoms with Crippen molar-refractivity contribution in [1.82, 2.24) is 0 Å². The zero-order valence-corrected chi connectivity index (χ0v) is 11.4. The molecule has 20 heavy (non-hydrogen) atoms. The fourth-order valence-corrected chi connectivity index (χ4v) is 1.56. The van der Waals surface area contributed by atoms with Crippen molar-refractivity contribution in [3.05, 3.63) is 29.1 Å². The van der Waals surface area contributed by atoms with E-state index < -0.39 is 40.8 Å². The maximum Gasteiger partial charge on any atom is 0.200 e. The second kappa shape index (κ2) is 6.88. The van der Waals surface area contributed by atoms with E-state index in [1.54, 1.807) is 20.8 Å². The summed E-state index contributed by atoms with van der Waals surface area (Å²) in [5.74, 6) is -9.98. The number of hydrogen-bond acceptors (Lipinski definition) is 2. The quantitative estimate of drug-likeness (QED) is 0.489. The summed E-state index contributed by atoms with van der Waals surface area (Å²) in [5.41, 5.74) is -1.03. The van der Waals surface area contributed by atoms with Crippen molar-refractivity contribution in [1.29, 1.82) is 0 Å². The second-order valence-electron chi connectivity index (χ2n) is 4.60. The van der Waals surface area contributed by atoms with Crippen LogP contribution < -0.4 is 5.32 Å². The lowest BCUT2D eigenvalue weighted by Gasteiger charge is -2.24. The predicted octanol–water partition coefficient (Wildman–Crippen LogP) is 3.86. The van der Waals surface area contributed by atoms with Crippen LogP contribution in [0.4, 0.5) is 27.6 Å². The first kappa shape index (κ1) is 16.7. The molecule has 1 aromatic rings. The van der Waals surface area contributed by atoms with Gasteiger partial charge in [-0.3, -0.25) is 0 Å². The third kappa shape index (κ3) is 3.39. The van der Waals surface area contributed by atoms with Crippen LogP contribution in [-0.4, -0.2) is 19.3 Å². The summed E-state index contributed by atoms with van der Waals surface area (Å²) in [6, 6.07) is -0.580. The lowest BCUT2D eigenvalue weighted by Crippen LogP contribution is -2.32. The molecular formula is C13H16F5NO. The molecule has 0 aliphatic rings. The molecule has 0 radical (unpaired) electrons. The SMILES string of the molecule is CCOCC(Nc1c(F)c(F)c(F)c(F)c1F)C(C)C. The van der Waals surface area contributed by atoms with Crippen LogP contribution in [0.2, 0.25) is 0 Å². The van der Waals surface area contributed by atoms with Crippen molar-refractivity contribution in [2.24, 2.45) is 5.92 Å². The number of nitrogens with one attached hydrogen (secondary N) is 1. The molecule has 0 saturated carbocycles. The van der Waals surface area contributed by atoms with E-state index in [0.29, 0.717) is 6.61 Å². The van der Waals surface area contributed by atoms with Crippen molar-refractivity contribution in [3.63, 3.8) is 0 Å². The summed E-state index contributed by atoms with van der Waals surface area (Å²) in [5, 5.41) is 2.34. The molecule has 0 aliphatic heterocycles. The Morgan fingerprint density at radius 3 is 1.75 bits per heavy atom. The van der Waals surface area contributed by atoms with Crippen LogP contribution in [0.1, 0.15) is 20.8 Å². The van der Waals surface area contributed by atoms with Gasteiger partial charge in [0.25, 0.3) is 0 Å². The minimum atomic E-state index is -2.17. The summed E-state index contributed by atoms with van der Waals surface area (Å²) in [6.07, 6.45) is 0.